The molecule has 1 aliphatic carbocycles. The first kappa shape index (κ1) is 19.2. The van der Waals surface area contributed by atoms with Crippen molar-refractivity contribution < 1.29 is 19.1 Å². The summed E-state index contributed by atoms with van der Waals surface area (Å²) in [6.07, 6.45) is 4.12. The minimum Gasteiger partial charge on any atom is -0.492 e. The van der Waals surface area contributed by atoms with Gasteiger partial charge in [-0.05, 0) is 32.0 Å². The Kier molecular flexibility index (Phi) is 5.95. The van der Waals surface area contributed by atoms with Gasteiger partial charge in [0.05, 0.1) is 6.54 Å². The largest absolute Gasteiger partial charge is 0.492 e. The molecule has 0 atom stereocenters. The quantitative estimate of drug-likeness (QED) is 0.702. The molecule has 0 radical (unpaired) electrons. The molecule has 146 valence electrons. The first-order valence-electron chi connectivity index (χ1n) is 9.33. The third kappa shape index (κ3) is 4.57. The van der Waals surface area contributed by atoms with Crippen LogP contribution in [0.1, 0.15) is 32.1 Å². The maximum Gasteiger partial charge on any atom is 0.344 e. The predicted molar refractivity (Wildman–Crippen MR) is 98.8 cm³/mol. The lowest BCUT2D eigenvalue weighted by Crippen LogP contribution is -2.52. The molecule has 8 heteroatoms. The van der Waals surface area contributed by atoms with Gasteiger partial charge in [-0.3, -0.25) is 19.9 Å². The first-order valence-corrected chi connectivity index (χ1v) is 9.33. The van der Waals surface area contributed by atoms with Gasteiger partial charge in [-0.1, -0.05) is 37.5 Å². The van der Waals surface area contributed by atoms with Crippen molar-refractivity contribution in [2.75, 3.05) is 26.7 Å². The highest BCUT2D eigenvalue weighted by molar-refractivity contribution is 6.08. The Morgan fingerprint density at radius 3 is 2.63 bits per heavy atom. The summed E-state index contributed by atoms with van der Waals surface area (Å²) >= 11 is 0. The van der Waals surface area contributed by atoms with Crippen molar-refractivity contribution in [3.05, 3.63) is 30.3 Å². The van der Waals surface area contributed by atoms with Crippen molar-refractivity contribution in [1.29, 1.82) is 0 Å². The highest BCUT2D eigenvalue weighted by Crippen LogP contribution is 2.32. The minimum atomic E-state index is -0.835. The number of urea groups is 1. The van der Waals surface area contributed by atoms with E-state index in [4.69, 9.17) is 4.74 Å². The Morgan fingerprint density at radius 1 is 1.22 bits per heavy atom. The summed E-state index contributed by atoms with van der Waals surface area (Å²) in [7, 11) is 1.78. The molecule has 1 aromatic carbocycles. The summed E-state index contributed by atoms with van der Waals surface area (Å²) in [5.74, 6) is 0.0108. The highest BCUT2D eigenvalue weighted by atomic mass is 16.5. The number of carbonyl (C=O) groups excluding carboxylic acids is 3. The summed E-state index contributed by atoms with van der Waals surface area (Å²) in [5.41, 5.74) is 1.60. The molecule has 4 amide bonds. The Balaban J connectivity index is 1.44. The van der Waals surface area contributed by atoms with E-state index < -0.39 is 17.5 Å². The average molecular weight is 374 g/mol. The molecular weight excluding hydrogens is 348 g/mol. The molecule has 1 saturated carbocycles. The van der Waals surface area contributed by atoms with E-state index in [-0.39, 0.29) is 12.5 Å². The molecule has 1 saturated heterocycles. The first-order chi connectivity index (χ1) is 13.0. The van der Waals surface area contributed by atoms with Crippen molar-refractivity contribution in [1.82, 2.24) is 20.7 Å². The second-order valence-corrected chi connectivity index (χ2v) is 7.15. The lowest BCUT2D eigenvalue weighted by molar-refractivity contribution is -0.140. The topological polar surface area (TPSA) is 91.0 Å². The van der Waals surface area contributed by atoms with Crippen LogP contribution in [0.2, 0.25) is 0 Å². The van der Waals surface area contributed by atoms with Crippen LogP contribution >= 0.6 is 0 Å². The number of likely N-dealkylation sites (N-methyl/N-ethyl adjacent to an activating group) is 1. The van der Waals surface area contributed by atoms with E-state index in [2.05, 4.69) is 10.7 Å². The molecular formula is C19H26N4O4. The Hall–Kier alpha value is -2.61. The molecule has 3 rings (SSSR count). The third-order valence-corrected chi connectivity index (χ3v) is 5.00. The zero-order valence-corrected chi connectivity index (χ0v) is 15.6. The number of hydrogen-bond donors (Lipinski definition) is 2. The molecule has 1 heterocycles. The maximum atomic E-state index is 12.6. The number of amides is 4. The molecule has 1 aliphatic heterocycles. The van der Waals surface area contributed by atoms with E-state index in [0.29, 0.717) is 26.0 Å². The maximum absolute atomic E-state index is 12.6. The van der Waals surface area contributed by atoms with E-state index in [1.807, 2.05) is 30.3 Å². The summed E-state index contributed by atoms with van der Waals surface area (Å²) in [4.78, 5) is 38.8. The summed E-state index contributed by atoms with van der Waals surface area (Å²) in [5, 5.41) is 3.60. The van der Waals surface area contributed by atoms with Gasteiger partial charge >= 0.3 is 6.03 Å². The number of ether oxygens (including phenoxy) is 1. The Morgan fingerprint density at radius 2 is 1.93 bits per heavy atom. The molecule has 0 unspecified atom stereocenters. The second-order valence-electron chi connectivity index (χ2n) is 7.15. The van der Waals surface area contributed by atoms with E-state index >= 15 is 0 Å². The van der Waals surface area contributed by atoms with E-state index in [1.165, 1.54) is 0 Å². The summed E-state index contributed by atoms with van der Waals surface area (Å²) in [6.45, 7) is 1.02. The van der Waals surface area contributed by atoms with Crippen LogP contribution in [-0.4, -0.2) is 60.0 Å². The van der Waals surface area contributed by atoms with Gasteiger partial charge in [0, 0.05) is 6.54 Å². The van der Waals surface area contributed by atoms with Gasteiger partial charge in [-0.15, -0.1) is 0 Å². The number of nitrogens with zero attached hydrogens (tertiary/aromatic N) is 2. The van der Waals surface area contributed by atoms with Crippen LogP contribution in [0.3, 0.4) is 0 Å². The smallest absolute Gasteiger partial charge is 0.344 e. The highest BCUT2D eigenvalue weighted by Gasteiger charge is 2.52. The van der Waals surface area contributed by atoms with Gasteiger partial charge < -0.3 is 10.1 Å². The van der Waals surface area contributed by atoms with Gasteiger partial charge in [-0.2, -0.15) is 5.01 Å². The monoisotopic (exact) mass is 374 g/mol. The normalized spacial score (nSPS) is 18.7. The lowest BCUT2D eigenvalue weighted by Gasteiger charge is -2.30. The number of nitrogens with one attached hydrogen (secondary N) is 2. The molecule has 2 aliphatic rings. The second kappa shape index (κ2) is 8.39. The predicted octanol–water partition coefficient (Wildman–Crippen LogP) is 1.28. The van der Waals surface area contributed by atoms with E-state index in [1.54, 1.807) is 11.9 Å². The SMILES string of the molecule is CN(CCOc1ccccc1)CC(=O)NN1C(=O)NC2(CCCCC2)C1=O. The third-order valence-electron chi connectivity index (χ3n) is 5.00. The molecule has 1 spiro atoms. The van der Waals surface area contributed by atoms with Crippen molar-refractivity contribution in [2.24, 2.45) is 0 Å². The minimum absolute atomic E-state index is 0.0577. The van der Waals surface area contributed by atoms with Crippen LogP contribution in [-0.2, 0) is 9.59 Å². The number of benzene rings is 1. The van der Waals surface area contributed by atoms with Crippen molar-refractivity contribution >= 4 is 17.8 Å². The molecule has 2 fully saturated rings. The van der Waals surface area contributed by atoms with Gasteiger partial charge in [0.2, 0.25) is 0 Å². The fraction of sp³-hybridized carbons (Fsp3) is 0.526. The van der Waals surface area contributed by atoms with Gasteiger partial charge in [0.15, 0.2) is 0 Å². The van der Waals surface area contributed by atoms with Crippen molar-refractivity contribution in [2.45, 2.75) is 37.6 Å². The standard InChI is InChI=1S/C19H26N4O4/c1-22(12-13-27-15-8-4-2-5-9-15)14-16(24)21-23-17(25)19(20-18(23)26)10-6-3-7-11-19/h2,4-5,8-9H,3,6-7,10-14H2,1H3,(H,20,26)(H,21,24). The summed E-state index contributed by atoms with van der Waals surface area (Å²) < 4.78 is 5.60. The average Bonchev–Trinajstić information content (AvgIpc) is 2.87. The fourth-order valence-corrected chi connectivity index (χ4v) is 3.54. The van der Waals surface area contributed by atoms with Crippen LogP contribution in [0.4, 0.5) is 4.79 Å². The molecule has 8 nitrogen and oxygen atoms in total. The van der Waals surface area contributed by atoms with Crippen LogP contribution in [0, 0.1) is 0 Å². The number of hydrogen-bond acceptors (Lipinski definition) is 5. The van der Waals surface area contributed by atoms with Gasteiger partial charge in [0.1, 0.15) is 17.9 Å². The summed E-state index contributed by atoms with van der Waals surface area (Å²) in [6, 6.07) is 8.88. The van der Waals surface area contributed by atoms with Crippen LogP contribution in [0.5, 0.6) is 5.75 Å². The molecule has 27 heavy (non-hydrogen) atoms. The van der Waals surface area contributed by atoms with E-state index in [9.17, 15) is 14.4 Å². The van der Waals surface area contributed by atoms with Crippen LogP contribution in [0.15, 0.2) is 30.3 Å². The zero-order valence-electron chi connectivity index (χ0n) is 15.6. The van der Waals surface area contributed by atoms with Crippen molar-refractivity contribution in [3.63, 3.8) is 0 Å². The fourth-order valence-electron chi connectivity index (χ4n) is 3.54. The number of hydrazine groups is 1. The zero-order chi connectivity index (χ0) is 19.3. The van der Waals surface area contributed by atoms with Crippen LogP contribution < -0.4 is 15.5 Å². The van der Waals surface area contributed by atoms with Gasteiger partial charge in [-0.25, -0.2) is 4.79 Å². The van der Waals surface area contributed by atoms with Gasteiger partial charge in [0.25, 0.3) is 11.8 Å². The van der Waals surface area contributed by atoms with Crippen molar-refractivity contribution in [3.8, 4) is 5.75 Å². The number of para-hydroxylation sites is 1. The lowest BCUT2D eigenvalue weighted by atomic mass is 9.82. The Labute approximate surface area is 158 Å². The number of carbonyl (C=O) groups is 3. The Bertz CT molecular complexity index is 688. The molecule has 0 aromatic heterocycles. The molecule has 1 aromatic rings. The van der Waals surface area contributed by atoms with Crippen LogP contribution in [0.25, 0.3) is 0 Å². The molecule has 0 bridgehead atoms. The number of imide groups is 1. The molecule has 2 N–H and O–H groups in total. The van der Waals surface area contributed by atoms with E-state index in [0.717, 1.165) is 30.0 Å². The number of rotatable bonds is 7.